The van der Waals surface area contributed by atoms with Crippen molar-refractivity contribution in [1.29, 1.82) is 0 Å². The average Bonchev–Trinajstić information content (AvgIpc) is 2.31. The van der Waals surface area contributed by atoms with Gasteiger partial charge in [-0.2, -0.15) is 0 Å². The lowest BCUT2D eigenvalue weighted by molar-refractivity contribution is 0.275. The number of para-hydroxylation sites is 1. The van der Waals surface area contributed by atoms with E-state index < -0.39 is 0 Å². The lowest BCUT2D eigenvalue weighted by atomic mass is 9.98. The van der Waals surface area contributed by atoms with Gasteiger partial charge in [-0.15, -0.1) is 0 Å². The molecule has 0 bridgehead atoms. The molecule has 0 radical (unpaired) electrons. The summed E-state index contributed by atoms with van der Waals surface area (Å²) in [5.74, 6) is 0.166. The molecule has 0 unspecified atom stereocenters. The Morgan fingerprint density at radius 3 is 2.31 bits per heavy atom. The van der Waals surface area contributed by atoms with Gasteiger partial charge in [0.2, 0.25) is 0 Å². The van der Waals surface area contributed by atoms with E-state index in [0.717, 1.165) is 16.7 Å². The maximum absolute atomic E-state index is 10.0. The highest BCUT2D eigenvalue weighted by molar-refractivity contribution is 5.74. The Kier molecular flexibility index (Phi) is 2.93. The summed E-state index contributed by atoms with van der Waals surface area (Å²) in [5.41, 5.74) is 3.42. The summed E-state index contributed by atoms with van der Waals surface area (Å²) in [6, 6.07) is 13.3. The van der Waals surface area contributed by atoms with Crippen LogP contribution in [0.4, 0.5) is 0 Å². The first-order chi connectivity index (χ1) is 7.74. The highest BCUT2D eigenvalue weighted by Crippen LogP contribution is 2.33. The van der Waals surface area contributed by atoms with Gasteiger partial charge in [-0.1, -0.05) is 42.5 Å². The van der Waals surface area contributed by atoms with Crippen molar-refractivity contribution in [2.45, 2.75) is 13.5 Å². The summed E-state index contributed by atoms with van der Waals surface area (Å²) in [6.45, 7) is 1.85. The number of aryl methyl sites for hydroxylation is 1. The van der Waals surface area contributed by atoms with E-state index >= 15 is 0 Å². The minimum absolute atomic E-state index is 0.147. The quantitative estimate of drug-likeness (QED) is 0.807. The number of aromatic hydroxyl groups is 1. The fourth-order valence-corrected chi connectivity index (χ4v) is 1.81. The molecule has 0 atom stereocenters. The molecule has 0 amide bonds. The van der Waals surface area contributed by atoms with Crippen molar-refractivity contribution in [2.24, 2.45) is 0 Å². The maximum Gasteiger partial charge on any atom is 0.128 e. The van der Waals surface area contributed by atoms with Gasteiger partial charge < -0.3 is 10.2 Å². The van der Waals surface area contributed by atoms with E-state index in [1.54, 1.807) is 6.07 Å². The molecular weight excluding hydrogens is 200 g/mol. The molecule has 0 saturated carbocycles. The van der Waals surface area contributed by atoms with Crippen LogP contribution in [0.2, 0.25) is 0 Å². The first kappa shape index (κ1) is 10.7. The van der Waals surface area contributed by atoms with Crippen LogP contribution >= 0.6 is 0 Å². The lowest BCUT2D eigenvalue weighted by Gasteiger charge is -2.10. The summed E-state index contributed by atoms with van der Waals surface area (Å²) in [7, 11) is 0. The number of hydrogen-bond acceptors (Lipinski definition) is 2. The van der Waals surface area contributed by atoms with Crippen molar-refractivity contribution in [1.82, 2.24) is 0 Å². The zero-order chi connectivity index (χ0) is 11.5. The molecule has 2 aromatic rings. The van der Waals surface area contributed by atoms with Crippen molar-refractivity contribution < 1.29 is 10.2 Å². The average molecular weight is 214 g/mol. The van der Waals surface area contributed by atoms with Crippen molar-refractivity contribution >= 4 is 0 Å². The molecule has 0 heterocycles. The Labute approximate surface area is 94.8 Å². The Hall–Kier alpha value is -1.80. The highest BCUT2D eigenvalue weighted by Gasteiger charge is 2.09. The lowest BCUT2D eigenvalue weighted by Crippen LogP contribution is -1.88. The van der Waals surface area contributed by atoms with Crippen LogP contribution in [0, 0.1) is 6.92 Å². The maximum atomic E-state index is 10.0. The van der Waals surface area contributed by atoms with E-state index in [1.807, 2.05) is 43.3 Å². The molecule has 0 aliphatic carbocycles. The van der Waals surface area contributed by atoms with Gasteiger partial charge in [0, 0.05) is 11.1 Å². The molecule has 2 heteroatoms. The fourth-order valence-electron chi connectivity index (χ4n) is 1.81. The molecule has 0 saturated heterocycles. The summed E-state index contributed by atoms with van der Waals surface area (Å²) >= 11 is 0. The zero-order valence-corrected chi connectivity index (χ0v) is 9.14. The van der Waals surface area contributed by atoms with Crippen LogP contribution in [-0.4, -0.2) is 10.2 Å². The third-order valence-electron chi connectivity index (χ3n) is 2.73. The Morgan fingerprint density at radius 2 is 1.62 bits per heavy atom. The van der Waals surface area contributed by atoms with Gasteiger partial charge in [-0.05, 0) is 18.1 Å². The molecule has 2 N–H and O–H groups in total. The van der Waals surface area contributed by atoms with Crippen molar-refractivity contribution in [3.63, 3.8) is 0 Å². The molecule has 2 nitrogen and oxygen atoms in total. The first-order valence-electron chi connectivity index (χ1n) is 5.21. The third kappa shape index (κ3) is 1.79. The number of aliphatic hydroxyl groups is 1. The molecule has 0 aromatic heterocycles. The molecule has 0 spiro atoms. The van der Waals surface area contributed by atoms with Gasteiger partial charge >= 0.3 is 0 Å². The van der Waals surface area contributed by atoms with E-state index in [-0.39, 0.29) is 12.4 Å². The Balaban J connectivity index is 2.61. The first-order valence-corrected chi connectivity index (χ1v) is 5.21. The van der Waals surface area contributed by atoms with Crippen molar-refractivity contribution in [3.05, 3.63) is 53.6 Å². The zero-order valence-electron chi connectivity index (χ0n) is 9.14. The van der Waals surface area contributed by atoms with Crippen LogP contribution < -0.4 is 0 Å². The third-order valence-corrected chi connectivity index (χ3v) is 2.73. The second kappa shape index (κ2) is 4.37. The number of hydrogen-bond donors (Lipinski definition) is 2. The standard InChI is InChI=1S/C14H14O2/c1-10-5-2-3-7-12(10)13-8-4-6-11(9-15)14(13)16/h2-8,15-16H,9H2,1H3. The van der Waals surface area contributed by atoms with E-state index in [1.165, 1.54) is 0 Å². The topological polar surface area (TPSA) is 40.5 Å². The van der Waals surface area contributed by atoms with E-state index in [9.17, 15) is 5.11 Å². The summed E-state index contributed by atoms with van der Waals surface area (Å²) in [6.07, 6.45) is 0. The van der Waals surface area contributed by atoms with Gasteiger partial charge in [0.15, 0.2) is 0 Å². The van der Waals surface area contributed by atoms with E-state index in [0.29, 0.717) is 5.56 Å². The van der Waals surface area contributed by atoms with Crippen LogP contribution in [0.15, 0.2) is 42.5 Å². The van der Waals surface area contributed by atoms with E-state index in [2.05, 4.69) is 0 Å². The van der Waals surface area contributed by atoms with E-state index in [4.69, 9.17) is 5.11 Å². The molecule has 2 rings (SSSR count). The van der Waals surface area contributed by atoms with Crippen LogP contribution in [0.1, 0.15) is 11.1 Å². The summed E-state index contributed by atoms with van der Waals surface area (Å²) < 4.78 is 0. The molecule has 2 aromatic carbocycles. The summed E-state index contributed by atoms with van der Waals surface area (Å²) in [5, 5.41) is 19.1. The molecule has 0 fully saturated rings. The number of phenols is 1. The minimum atomic E-state index is -0.147. The number of aliphatic hydroxyl groups excluding tert-OH is 1. The smallest absolute Gasteiger partial charge is 0.128 e. The predicted octanol–water partition coefficient (Wildman–Crippen LogP) is 2.86. The predicted molar refractivity (Wildman–Crippen MR) is 64.2 cm³/mol. The largest absolute Gasteiger partial charge is 0.507 e. The van der Waals surface area contributed by atoms with Gasteiger partial charge in [-0.3, -0.25) is 0 Å². The molecule has 0 aliphatic heterocycles. The number of benzene rings is 2. The highest BCUT2D eigenvalue weighted by atomic mass is 16.3. The van der Waals surface area contributed by atoms with Crippen LogP contribution in [0.25, 0.3) is 11.1 Å². The summed E-state index contributed by atoms with van der Waals surface area (Å²) in [4.78, 5) is 0. The monoisotopic (exact) mass is 214 g/mol. The SMILES string of the molecule is Cc1ccccc1-c1cccc(CO)c1O. The molecule has 16 heavy (non-hydrogen) atoms. The van der Waals surface area contributed by atoms with Gasteiger partial charge in [0.05, 0.1) is 6.61 Å². The molecule has 82 valence electrons. The van der Waals surface area contributed by atoms with Crippen LogP contribution in [-0.2, 0) is 6.61 Å². The van der Waals surface area contributed by atoms with Gasteiger partial charge in [0.25, 0.3) is 0 Å². The molecule has 0 aliphatic rings. The van der Waals surface area contributed by atoms with Gasteiger partial charge in [0.1, 0.15) is 5.75 Å². The van der Waals surface area contributed by atoms with Crippen molar-refractivity contribution in [2.75, 3.05) is 0 Å². The minimum Gasteiger partial charge on any atom is -0.507 e. The normalized spacial score (nSPS) is 10.4. The molecular formula is C14H14O2. The number of rotatable bonds is 2. The second-order valence-electron chi connectivity index (χ2n) is 3.79. The van der Waals surface area contributed by atoms with Crippen molar-refractivity contribution in [3.8, 4) is 16.9 Å². The van der Waals surface area contributed by atoms with Crippen LogP contribution in [0.5, 0.6) is 5.75 Å². The Bertz CT molecular complexity index is 504. The Morgan fingerprint density at radius 1 is 0.938 bits per heavy atom. The van der Waals surface area contributed by atoms with Gasteiger partial charge in [-0.25, -0.2) is 0 Å². The fraction of sp³-hybridized carbons (Fsp3) is 0.143. The second-order valence-corrected chi connectivity index (χ2v) is 3.79. The van der Waals surface area contributed by atoms with Crippen LogP contribution in [0.3, 0.4) is 0 Å².